The zero-order valence-corrected chi connectivity index (χ0v) is 17.9. The SMILES string of the molecule is CC(C)(C)[C](C)(C)[Tl][C]#Cc1c(F)ccc2ccccc12. The molecule has 2 heteroatoms. The van der Waals surface area contributed by atoms with E-state index < -0.39 is 24.2 Å². The number of benzene rings is 2. The molecule has 0 aromatic heterocycles. The van der Waals surface area contributed by atoms with Crippen LogP contribution in [0.1, 0.15) is 40.2 Å². The molecule has 2 aromatic rings. The summed E-state index contributed by atoms with van der Waals surface area (Å²) < 4.78 is 17.8. The quantitative estimate of drug-likeness (QED) is 0.393. The molecule has 21 heavy (non-hydrogen) atoms. The van der Waals surface area contributed by atoms with E-state index in [9.17, 15) is 4.39 Å². The predicted octanol–water partition coefficient (Wildman–Crippen LogP) is 5.24. The van der Waals surface area contributed by atoms with Crippen LogP contribution in [-0.2, 0) is 0 Å². The number of rotatable bonds is 1. The van der Waals surface area contributed by atoms with Crippen LogP contribution in [-0.4, -0.2) is 24.2 Å². The molecule has 0 nitrogen and oxygen atoms in total. The molecule has 0 saturated carbocycles. The summed E-state index contributed by atoms with van der Waals surface area (Å²) in [6.45, 7) is 11.4. The van der Waals surface area contributed by atoms with Gasteiger partial charge < -0.3 is 0 Å². The first-order valence-electron chi connectivity index (χ1n) is 7.25. The number of fused-ring (bicyclic) bond motifs is 1. The summed E-state index contributed by atoms with van der Waals surface area (Å²) in [5, 5.41) is 1.97. The van der Waals surface area contributed by atoms with Crippen LogP contribution in [0.2, 0.25) is 2.97 Å². The molecule has 2 aromatic carbocycles. The van der Waals surface area contributed by atoms with Crippen molar-refractivity contribution in [3.05, 3.63) is 47.8 Å². The van der Waals surface area contributed by atoms with E-state index in [4.69, 9.17) is 0 Å². The molecule has 0 radical (unpaired) electrons. The van der Waals surface area contributed by atoms with E-state index in [1.54, 1.807) is 0 Å². The van der Waals surface area contributed by atoms with Crippen LogP contribution in [0.5, 0.6) is 0 Å². The Morgan fingerprint density at radius 3 is 2.29 bits per heavy atom. The van der Waals surface area contributed by atoms with E-state index in [-0.39, 0.29) is 11.2 Å². The zero-order valence-electron chi connectivity index (χ0n) is 13.4. The van der Waals surface area contributed by atoms with Crippen molar-refractivity contribution in [1.82, 2.24) is 0 Å². The molecule has 0 bridgehead atoms. The van der Waals surface area contributed by atoms with Gasteiger partial charge in [0, 0.05) is 0 Å². The molecule has 107 valence electrons. The van der Waals surface area contributed by atoms with Crippen molar-refractivity contribution in [2.45, 2.75) is 37.6 Å². The first-order chi connectivity index (χ1) is 9.72. The van der Waals surface area contributed by atoms with Crippen molar-refractivity contribution in [3.63, 3.8) is 0 Å². The molecule has 0 aliphatic rings. The van der Waals surface area contributed by atoms with Crippen LogP contribution in [0.25, 0.3) is 10.8 Å². The van der Waals surface area contributed by atoms with Gasteiger partial charge in [0.2, 0.25) is 0 Å². The van der Waals surface area contributed by atoms with Crippen molar-refractivity contribution in [1.29, 1.82) is 0 Å². The summed E-state index contributed by atoms with van der Waals surface area (Å²) >= 11 is -1.30. The van der Waals surface area contributed by atoms with Gasteiger partial charge in [-0.05, 0) is 0 Å². The number of halogens is 1. The molecule has 0 saturated heterocycles. The molecule has 2 rings (SSSR count). The fraction of sp³-hybridized carbons (Fsp3) is 0.368. The van der Waals surface area contributed by atoms with Crippen LogP contribution in [0.4, 0.5) is 4.39 Å². The summed E-state index contributed by atoms with van der Waals surface area (Å²) in [6.07, 6.45) is 0. The molecule has 0 spiro atoms. The van der Waals surface area contributed by atoms with E-state index in [1.807, 2.05) is 30.3 Å². The minimum absolute atomic E-state index is 0.208. The summed E-state index contributed by atoms with van der Waals surface area (Å²) in [4.78, 5) is 0. The Kier molecular flexibility index (Phi) is 4.77. The second-order valence-corrected chi connectivity index (χ2v) is 14.9. The van der Waals surface area contributed by atoms with E-state index in [2.05, 4.69) is 44.0 Å². The van der Waals surface area contributed by atoms with Crippen LogP contribution in [0.15, 0.2) is 36.4 Å². The van der Waals surface area contributed by atoms with E-state index in [0.29, 0.717) is 8.54 Å². The van der Waals surface area contributed by atoms with Gasteiger partial charge in [0.1, 0.15) is 0 Å². The molecule has 0 N–H and O–H groups in total. The average molecular weight is 473 g/mol. The Hall–Kier alpha value is -0.888. The van der Waals surface area contributed by atoms with Crippen molar-refractivity contribution < 1.29 is 4.39 Å². The molecule has 0 atom stereocenters. The number of hydrogen-bond acceptors (Lipinski definition) is 0. The third-order valence-corrected chi connectivity index (χ3v) is 11.7. The van der Waals surface area contributed by atoms with Gasteiger partial charge in [-0.25, -0.2) is 0 Å². The molecular formula is C19H21FTl. The molecular weight excluding hydrogens is 452 g/mol. The zero-order chi connectivity index (χ0) is 15.7. The normalized spacial score (nSPS) is 11.7. The van der Waals surface area contributed by atoms with Crippen LogP contribution >= 0.6 is 0 Å². The molecule has 0 aliphatic carbocycles. The summed E-state index contributed by atoms with van der Waals surface area (Å²) in [5.74, 6) is 2.94. The van der Waals surface area contributed by atoms with Crippen LogP contribution in [0.3, 0.4) is 0 Å². The van der Waals surface area contributed by atoms with E-state index in [0.717, 1.165) is 10.8 Å². The van der Waals surface area contributed by atoms with E-state index >= 15 is 0 Å². The van der Waals surface area contributed by atoms with Gasteiger partial charge in [0.15, 0.2) is 0 Å². The van der Waals surface area contributed by atoms with Gasteiger partial charge in [0.05, 0.1) is 0 Å². The topological polar surface area (TPSA) is 0 Å². The van der Waals surface area contributed by atoms with Crippen molar-refractivity contribution in [2.75, 3.05) is 0 Å². The summed E-state index contributed by atoms with van der Waals surface area (Å²) in [7, 11) is 0. The Balaban J connectivity index is 2.38. The maximum atomic E-state index is 14.1. The first kappa shape index (κ1) is 16.5. The van der Waals surface area contributed by atoms with Gasteiger partial charge in [-0.15, -0.1) is 0 Å². The summed E-state index contributed by atoms with van der Waals surface area (Å²) in [6, 6.07) is 11.2. The van der Waals surface area contributed by atoms with Gasteiger partial charge in [-0.2, -0.15) is 0 Å². The van der Waals surface area contributed by atoms with Gasteiger partial charge in [-0.1, -0.05) is 0 Å². The Bertz CT molecular complexity index is 712. The van der Waals surface area contributed by atoms with Gasteiger partial charge in [-0.3, -0.25) is 0 Å². The van der Waals surface area contributed by atoms with Crippen LogP contribution in [0, 0.1) is 20.6 Å². The third-order valence-electron chi connectivity index (χ3n) is 4.44. The number of hydrogen-bond donors (Lipinski definition) is 0. The molecule has 0 fully saturated rings. The Morgan fingerprint density at radius 1 is 0.952 bits per heavy atom. The minimum atomic E-state index is -1.30. The predicted molar refractivity (Wildman–Crippen MR) is 90.0 cm³/mol. The average Bonchev–Trinajstić information content (AvgIpc) is 2.40. The first-order valence-corrected chi connectivity index (χ1v) is 11.7. The molecule has 0 aliphatic heterocycles. The van der Waals surface area contributed by atoms with Gasteiger partial charge >= 0.3 is 140 Å². The molecule has 0 heterocycles. The monoisotopic (exact) mass is 473 g/mol. The molecule has 0 unspecified atom stereocenters. The Morgan fingerprint density at radius 2 is 1.62 bits per heavy atom. The van der Waals surface area contributed by atoms with E-state index in [1.165, 1.54) is 6.07 Å². The van der Waals surface area contributed by atoms with Crippen LogP contribution < -0.4 is 0 Å². The molecule has 0 amide bonds. The maximum absolute atomic E-state index is 14.1. The Labute approximate surface area is 139 Å². The second-order valence-electron chi connectivity index (χ2n) is 7.03. The van der Waals surface area contributed by atoms with Gasteiger partial charge in [0.25, 0.3) is 0 Å². The van der Waals surface area contributed by atoms with Crippen molar-refractivity contribution >= 4 is 35.0 Å². The second kappa shape index (κ2) is 6.08. The fourth-order valence-electron chi connectivity index (χ4n) is 1.88. The van der Waals surface area contributed by atoms with Crippen molar-refractivity contribution in [3.8, 4) is 9.40 Å². The fourth-order valence-corrected chi connectivity index (χ4v) is 5.80. The third kappa shape index (κ3) is 3.66. The van der Waals surface area contributed by atoms with Crippen molar-refractivity contribution in [2.24, 2.45) is 5.41 Å². The standard InChI is InChI=1S/C12H6F.C7H15.Tl/c1-2-10-11-6-4-3-5-9(11)7-8-12(10)13;1-6(2)7(3,4)5;/h3-8H;1-5H3;. The summed E-state index contributed by atoms with van der Waals surface area (Å²) in [5.41, 5.74) is 0.822.